The standard InChI is InChI=1S/C26H25N3O3S/c1-17-13-21(18(2)29(17)22-10-9-19-7-3-4-8-20(19)14-22)15-23-25(31)28(26(32)33-23)16-24(30)27-11-5-6-12-27/h3-4,7-10,13-15H,5-6,11-12,16H2,1-2H3/b23-15-. The highest BCUT2D eigenvalue weighted by Crippen LogP contribution is 2.34. The number of carbonyl (C=O) groups is 3. The fourth-order valence-electron chi connectivity index (χ4n) is 4.63. The fraction of sp³-hybridized carbons (Fsp3) is 0.269. The van der Waals surface area contributed by atoms with Crippen molar-refractivity contribution in [2.45, 2.75) is 26.7 Å². The predicted octanol–water partition coefficient (Wildman–Crippen LogP) is 4.91. The molecule has 0 spiro atoms. The molecule has 3 amide bonds. The van der Waals surface area contributed by atoms with Gasteiger partial charge in [0.2, 0.25) is 5.91 Å². The van der Waals surface area contributed by atoms with Gasteiger partial charge in [0.05, 0.1) is 4.91 Å². The zero-order valence-corrected chi connectivity index (χ0v) is 19.5. The molecule has 33 heavy (non-hydrogen) atoms. The Morgan fingerprint density at radius 1 is 1.00 bits per heavy atom. The second-order valence-corrected chi connectivity index (χ2v) is 9.54. The quantitative estimate of drug-likeness (QED) is 0.521. The summed E-state index contributed by atoms with van der Waals surface area (Å²) < 4.78 is 2.15. The smallest absolute Gasteiger partial charge is 0.294 e. The summed E-state index contributed by atoms with van der Waals surface area (Å²) in [5.74, 6) is -0.557. The molecule has 0 N–H and O–H groups in total. The zero-order valence-electron chi connectivity index (χ0n) is 18.7. The number of amides is 3. The van der Waals surface area contributed by atoms with Crippen LogP contribution < -0.4 is 0 Å². The van der Waals surface area contributed by atoms with Crippen LogP contribution in [0.2, 0.25) is 0 Å². The van der Waals surface area contributed by atoms with E-state index in [2.05, 4.69) is 34.9 Å². The van der Waals surface area contributed by atoms with Crippen LogP contribution in [0.15, 0.2) is 53.4 Å². The summed E-state index contributed by atoms with van der Waals surface area (Å²) in [6.07, 6.45) is 3.71. The van der Waals surface area contributed by atoms with Gasteiger partial charge in [0.15, 0.2) is 0 Å². The first kappa shape index (κ1) is 21.5. The fourth-order valence-corrected chi connectivity index (χ4v) is 5.46. The lowest BCUT2D eigenvalue weighted by atomic mass is 10.1. The third kappa shape index (κ3) is 3.97. The second-order valence-electron chi connectivity index (χ2n) is 8.55. The van der Waals surface area contributed by atoms with Gasteiger partial charge in [-0.3, -0.25) is 19.3 Å². The van der Waals surface area contributed by atoms with Crippen molar-refractivity contribution in [3.05, 3.63) is 70.4 Å². The van der Waals surface area contributed by atoms with Gasteiger partial charge in [0, 0.05) is 30.2 Å². The molecular formula is C26H25N3O3S. The molecular weight excluding hydrogens is 434 g/mol. The minimum Gasteiger partial charge on any atom is -0.341 e. The highest BCUT2D eigenvalue weighted by molar-refractivity contribution is 8.18. The van der Waals surface area contributed by atoms with E-state index in [0.29, 0.717) is 18.0 Å². The van der Waals surface area contributed by atoms with Crippen LogP contribution in [0.5, 0.6) is 0 Å². The molecule has 7 heteroatoms. The van der Waals surface area contributed by atoms with Crippen LogP contribution in [-0.4, -0.2) is 51.1 Å². The van der Waals surface area contributed by atoms with E-state index in [-0.39, 0.29) is 17.7 Å². The molecule has 2 aliphatic rings. The largest absolute Gasteiger partial charge is 0.341 e. The molecule has 2 aromatic carbocycles. The van der Waals surface area contributed by atoms with E-state index in [0.717, 1.165) is 57.5 Å². The normalized spacial score (nSPS) is 17.7. The second kappa shape index (κ2) is 8.56. The minimum atomic E-state index is -0.395. The van der Waals surface area contributed by atoms with Crippen LogP contribution in [0, 0.1) is 13.8 Å². The van der Waals surface area contributed by atoms with E-state index in [1.807, 2.05) is 32.0 Å². The number of aromatic nitrogens is 1. The maximum Gasteiger partial charge on any atom is 0.294 e. The monoisotopic (exact) mass is 459 g/mol. The van der Waals surface area contributed by atoms with Gasteiger partial charge < -0.3 is 9.47 Å². The van der Waals surface area contributed by atoms with Crippen molar-refractivity contribution in [2.24, 2.45) is 0 Å². The summed E-state index contributed by atoms with van der Waals surface area (Å²) in [4.78, 5) is 41.0. The van der Waals surface area contributed by atoms with Crippen LogP contribution in [0.4, 0.5) is 4.79 Å². The van der Waals surface area contributed by atoms with Gasteiger partial charge in [0.1, 0.15) is 6.54 Å². The van der Waals surface area contributed by atoms with Gasteiger partial charge in [-0.2, -0.15) is 0 Å². The molecule has 168 valence electrons. The van der Waals surface area contributed by atoms with Crippen molar-refractivity contribution >= 4 is 45.7 Å². The van der Waals surface area contributed by atoms with Crippen LogP contribution in [0.25, 0.3) is 22.5 Å². The Morgan fingerprint density at radius 2 is 1.73 bits per heavy atom. The Kier molecular flexibility index (Phi) is 5.58. The molecule has 2 saturated heterocycles. The molecule has 0 aliphatic carbocycles. The van der Waals surface area contributed by atoms with E-state index in [1.165, 1.54) is 5.39 Å². The molecule has 6 nitrogen and oxygen atoms in total. The van der Waals surface area contributed by atoms with Crippen LogP contribution in [0.3, 0.4) is 0 Å². The molecule has 1 aromatic heterocycles. The molecule has 0 radical (unpaired) electrons. The summed E-state index contributed by atoms with van der Waals surface area (Å²) in [6, 6.07) is 16.6. The lowest BCUT2D eigenvalue weighted by Crippen LogP contribution is -2.40. The predicted molar refractivity (Wildman–Crippen MR) is 131 cm³/mol. The number of likely N-dealkylation sites (tertiary alicyclic amines) is 1. The first-order chi connectivity index (χ1) is 15.9. The van der Waals surface area contributed by atoms with Gasteiger partial charge in [-0.1, -0.05) is 30.3 Å². The van der Waals surface area contributed by atoms with E-state index in [9.17, 15) is 14.4 Å². The first-order valence-electron chi connectivity index (χ1n) is 11.1. The van der Waals surface area contributed by atoms with E-state index >= 15 is 0 Å². The molecule has 0 bridgehead atoms. The maximum absolute atomic E-state index is 12.9. The number of hydrogen-bond donors (Lipinski definition) is 0. The topological polar surface area (TPSA) is 62.6 Å². The van der Waals surface area contributed by atoms with Crippen LogP contribution >= 0.6 is 11.8 Å². The number of nitrogens with zero attached hydrogens (tertiary/aromatic N) is 3. The van der Waals surface area contributed by atoms with Crippen molar-refractivity contribution in [1.82, 2.24) is 14.4 Å². The Morgan fingerprint density at radius 3 is 2.48 bits per heavy atom. The third-order valence-corrected chi connectivity index (χ3v) is 7.28. The molecule has 3 heterocycles. The van der Waals surface area contributed by atoms with E-state index < -0.39 is 5.91 Å². The SMILES string of the molecule is Cc1cc(/C=C2\SC(=O)N(CC(=O)N3CCCC3)C2=O)c(C)n1-c1ccc2ccccc2c1. The number of rotatable bonds is 4. The average Bonchev–Trinajstić information content (AvgIpc) is 3.50. The van der Waals surface area contributed by atoms with Gasteiger partial charge in [-0.05, 0) is 79.1 Å². The summed E-state index contributed by atoms with van der Waals surface area (Å²) >= 11 is 0.901. The third-order valence-electron chi connectivity index (χ3n) is 6.37. The van der Waals surface area contributed by atoms with Crippen molar-refractivity contribution in [1.29, 1.82) is 0 Å². The number of thioether (sulfide) groups is 1. The summed E-state index contributed by atoms with van der Waals surface area (Å²) in [5.41, 5.74) is 3.96. The number of hydrogen-bond acceptors (Lipinski definition) is 4. The highest BCUT2D eigenvalue weighted by atomic mass is 32.2. The van der Waals surface area contributed by atoms with E-state index in [1.54, 1.807) is 11.0 Å². The molecule has 2 aliphatic heterocycles. The number of fused-ring (bicyclic) bond motifs is 1. The summed E-state index contributed by atoms with van der Waals surface area (Å²) in [7, 11) is 0. The number of benzene rings is 2. The van der Waals surface area contributed by atoms with Gasteiger partial charge in [0.25, 0.3) is 11.1 Å². The van der Waals surface area contributed by atoms with Crippen LogP contribution in [0.1, 0.15) is 29.8 Å². The summed E-state index contributed by atoms with van der Waals surface area (Å²) in [5, 5.41) is 1.95. The zero-order chi connectivity index (χ0) is 23.1. The molecule has 3 aromatic rings. The number of imide groups is 1. The van der Waals surface area contributed by atoms with Gasteiger partial charge in [-0.15, -0.1) is 0 Å². The Balaban J connectivity index is 1.42. The average molecular weight is 460 g/mol. The first-order valence-corrected chi connectivity index (χ1v) is 12.0. The number of aryl methyl sites for hydroxylation is 1. The molecule has 2 fully saturated rings. The Labute approximate surface area is 196 Å². The van der Waals surface area contributed by atoms with Crippen molar-refractivity contribution in [3.8, 4) is 5.69 Å². The Bertz CT molecular complexity index is 1320. The van der Waals surface area contributed by atoms with Crippen molar-refractivity contribution in [3.63, 3.8) is 0 Å². The maximum atomic E-state index is 12.9. The highest BCUT2D eigenvalue weighted by Gasteiger charge is 2.37. The lowest BCUT2D eigenvalue weighted by molar-refractivity contribution is -0.135. The number of carbonyl (C=O) groups excluding carboxylic acids is 3. The van der Waals surface area contributed by atoms with Crippen molar-refractivity contribution < 1.29 is 14.4 Å². The molecule has 0 unspecified atom stereocenters. The van der Waals surface area contributed by atoms with Gasteiger partial charge >= 0.3 is 0 Å². The summed E-state index contributed by atoms with van der Waals surface area (Å²) in [6.45, 7) is 5.25. The Hall–Kier alpha value is -3.32. The van der Waals surface area contributed by atoms with Crippen LogP contribution in [-0.2, 0) is 9.59 Å². The molecule has 0 atom stereocenters. The van der Waals surface area contributed by atoms with E-state index in [4.69, 9.17) is 0 Å². The van der Waals surface area contributed by atoms with Crippen molar-refractivity contribution in [2.75, 3.05) is 19.6 Å². The minimum absolute atomic E-state index is 0.162. The lowest BCUT2D eigenvalue weighted by Gasteiger charge is -2.18. The van der Waals surface area contributed by atoms with Gasteiger partial charge in [-0.25, -0.2) is 0 Å². The molecule has 5 rings (SSSR count). The molecule has 0 saturated carbocycles.